The van der Waals surface area contributed by atoms with Gasteiger partial charge >= 0.3 is 24.3 Å². The minimum atomic E-state index is -5.08. The molecule has 5 rings (SSSR count). The Kier molecular flexibility index (Phi) is 12.5. The molecule has 4 aromatic rings. The van der Waals surface area contributed by atoms with Gasteiger partial charge in [0, 0.05) is 23.7 Å². The van der Waals surface area contributed by atoms with E-state index < -0.39 is 30.2 Å². The van der Waals surface area contributed by atoms with Crippen LogP contribution in [0.25, 0.3) is 22.3 Å². The number of hydrogen-bond acceptors (Lipinski definition) is 8. The molecular formula is C30H28F7N5O7. The second kappa shape index (κ2) is 16.1. The normalized spacial score (nSPS) is 14.0. The number of halogens is 7. The molecule has 12 nitrogen and oxygen atoms in total. The maximum absolute atomic E-state index is 13.7. The van der Waals surface area contributed by atoms with Gasteiger partial charge in [0.15, 0.2) is 0 Å². The number of H-pyrrole nitrogens is 1. The van der Waals surface area contributed by atoms with Crippen LogP contribution in [0.1, 0.15) is 5.56 Å². The Hall–Kier alpha value is -5.46. The smallest absolute Gasteiger partial charge is 0.490 e. The number of alkyl halides is 6. The van der Waals surface area contributed by atoms with Gasteiger partial charge in [-0.05, 0) is 62.5 Å². The number of nitrogens with one attached hydrogen (secondary N) is 2. The summed E-state index contributed by atoms with van der Waals surface area (Å²) in [6.45, 7) is 1.39. The van der Waals surface area contributed by atoms with Crippen molar-refractivity contribution in [3.05, 3.63) is 66.4 Å². The second-order valence-corrected chi connectivity index (χ2v) is 10.4. The second-order valence-electron chi connectivity index (χ2n) is 10.4. The first kappa shape index (κ1) is 38.0. The van der Waals surface area contributed by atoms with Gasteiger partial charge in [-0.15, -0.1) is 0 Å². The van der Waals surface area contributed by atoms with E-state index >= 15 is 0 Å². The molecule has 4 N–H and O–H groups in total. The number of carbonyl (C=O) groups is 3. The van der Waals surface area contributed by atoms with Gasteiger partial charge in [-0.1, -0.05) is 6.07 Å². The summed E-state index contributed by atoms with van der Waals surface area (Å²) in [5.74, 6) is -5.35. The molecule has 264 valence electrons. The van der Waals surface area contributed by atoms with Crippen molar-refractivity contribution >= 4 is 34.6 Å². The Morgan fingerprint density at radius 3 is 2.27 bits per heavy atom. The van der Waals surface area contributed by atoms with Gasteiger partial charge < -0.3 is 34.9 Å². The van der Waals surface area contributed by atoms with E-state index in [1.54, 1.807) is 6.07 Å². The van der Waals surface area contributed by atoms with Gasteiger partial charge in [0.1, 0.15) is 42.5 Å². The van der Waals surface area contributed by atoms with Gasteiger partial charge in [-0.2, -0.15) is 26.3 Å². The summed E-state index contributed by atoms with van der Waals surface area (Å²) in [5, 5.41) is 18.1. The monoisotopic (exact) mass is 703 g/mol. The number of nitrogens with zero attached hydrogens (tertiary/aromatic N) is 3. The zero-order valence-corrected chi connectivity index (χ0v) is 25.5. The molecular weight excluding hydrogens is 675 g/mol. The topological polar surface area (TPSA) is 167 Å². The highest BCUT2D eigenvalue weighted by atomic mass is 19.4. The Bertz CT molecular complexity index is 1750. The number of rotatable bonds is 7. The number of anilines is 1. The lowest BCUT2D eigenvalue weighted by molar-refractivity contribution is -0.193. The summed E-state index contributed by atoms with van der Waals surface area (Å²) in [5.41, 5.74) is 3.61. The van der Waals surface area contributed by atoms with E-state index in [0.29, 0.717) is 42.3 Å². The first-order valence-electron chi connectivity index (χ1n) is 13.9. The summed E-state index contributed by atoms with van der Waals surface area (Å²) in [6, 6.07) is 11.9. The highest BCUT2D eigenvalue weighted by molar-refractivity contribution is 5.96. The zero-order chi connectivity index (χ0) is 36.5. The molecule has 0 fully saturated rings. The number of carbonyl (C=O) groups excluding carboxylic acids is 1. The Morgan fingerprint density at radius 1 is 1.00 bits per heavy atom. The van der Waals surface area contributed by atoms with Gasteiger partial charge in [0.25, 0.3) is 0 Å². The SMILES string of the molecule is CN(C)CCOc1cc(-c2ncnc3[nH]ccc23)ccc1NC(=O)C1COc2ccc(F)cc2C1.O=C(O)C(F)(F)F.O=C(O)C(F)(F)F. The molecule has 0 saturated carbocycles. The fourth-order valence-electron chi connectivity index (χ4n) is 4.10. The highest BCUT2D eigenvalue weighted by Crippen LogP contribution is 2.34. The van der Waals surface area contributed by atoms with Crippen LogP contribution in [0.3, 0.4) is 0 Å². The van der Waals surface area contributed by atoms with Crippen LogP contribution in [0, 0.1) is 11.7 Å². The lowest BCUT2D eigenvalue weighted by atomic mass is 9.95. The van der Waals surface area contributed by atoms with Crippen LogP contribution >= 0.6 is 0 Å². The molecule has 3 heterocycles. The third-order valence-corrected chi connectivity index (χ3v) is 6.45. The number of carboxylic acids is 2. The number of likely N-dealkylation sites (N-methyl/N-ethyl adjacent to an activating group) is 1. The van der Waals surface area contributed by atoms with Crippen molar-refractivity contribution in [2.45, 2.75) is 18.8 Å². The maximum Gasteiger partial charge on any atom is 0.490 e. The standard InChI is InChI=1S/C26H26FN5O3.2C2HF3O2/c1-32(2)9-10-34-23-13-16(24-20-7-8-28-25(20)30-15-29-24)3-5-21(23)31-26(33)18-11-17-12-19(27)4-6-22(17)35-14-18;2*3-2(4,5)1(6)7/h3-8,12-13,15,18H,9-11,14H2,1-2H3,(H,31,33)(H,28,29,30);2*(H,6,7). The zero-order valence-electron chi connectivity index (χ0n) is 25.5. The summed E-state index contributed by atoms with van der Waals surface area (Å²) < 4.78 is 88.9. The van der Waals surface area contributed by atoms with Crippen LogP contribution in [0.4, 0.5) is 36.4 Å². The summed E-state index contributed by atoms with van der Waals surface area (Å²) in [6.07, 6.45) is -6.43. The molecule has 0 saturated heterocycles. The molecule has 2 aromatic carbocycles. The van der Waals surface area contributed by atoms with Crippen LogP contribution in [0.5, 0.6) is 11.5 Å². The van der Waals surface area contributed by atoms with Crippen molar-refractivity contribution in [3.63, 3.8) is 0 Å². The molecule has 2 aromatic heterocycles. The molecule has 19 heteroatoms. The largest absolute Gasteiger partial charge is 0.492 e. The number of hydrogen-bond donors (Lipinski definition) is 4. The van der Waals surface area contributed by atoms with Gasteiger partial charge in [-0.3, -0.25) is 4.79 Å². The van der Waals surface area contributed by atoms with Crippen molar-refractivity contribution < 1.29 is 64.8 Å². The molecule has 49 heavy (non-hydrogen) atoms. The maximum atomic E-state index is 13.7. The van der Waals surface area contributed by atoms with E-state index in [9.17, 15) is 35.5 Å². The Labute approximate surface area is 272 Å². The third-order valence-electron chi connectivity index (χ3n) is 6.45. The third kappa shape index (κ3) is 11.1. The van der Waals surface area contributed by atoms with E-state index in [1.807, 2.05) is 49.5 Å². The molecule has 0 radical (unpaired) electrons. The molecule has 1 aliphatic heterocycles. The minimum Gasteiger partial charge on any atom is -0.492 e. The summed E-state index contributed by atoms with van der Waals surface area (Å²) in [7, 11) is 3.94. The van der Waals surface area contributed by atoms with E-state index in [-0.39, 0.29) is 18.3 Å². The summed E-state index contributed by atoms with van der Waals surface area (Å²) in [4.78, 5) is 44.7. The van der Waals surface area contributed by atoms with E-state index in [0.717, 1.165) is 22.3 Å². The number of benzene rings is 2. The quantitative estimate of drug-likeness (QED) is 0.189. The van der Waals surface area contributed by atoms with Crippen LogP contribution in [-0.4, -0.2) is 94.1 Å². The molecule has 1 atom stereocenters. The van der Waals surface area contributed by atoms with Crippen LogP contribution in [0.15, 0.2) is 55.0 Å². The predicted octanol–water partition coefficient (Wildman–Crippen LogP) is 5.16. The first-order chi connectivity index (χ1) is 22.9. The van der Waals surface area contributed by atoms with Crippen LogP contribution in [0.2, 0.25) is 0 Å². The number of carboxylic acid groups (broad SMARTS) is 2. The number of aliphatic carboxylic acids is 2. The minimum absolute atomic E-state index is 0.208. The first-order valence-corrected chi connectivity index (χ1v) is 13.9. The predicted molar refractivity (Wildman–Crippen MR) is 158 cm³/mol. The van der Waals surface area contributed by atoms with E-state index in [4.69, 9.17) is 29.3 Å². The Balaban J connectivity index is 0.000000392. The number of amides is 1. The Morgan fingerprint density at radius 2 is 1.65 bits per heavy atom. The van der Waals surface area contributed by atoms with Crippen molar-refractivity contribution in [2.24, 2.45) is 5.92 Å². The molecule has 1 aliphatic rings. The lowest BCUT2D eigenvalue weighted by Gasteiger charge is -2.25. The van der Waals surface area contributed by atoms with E-state index in [2.05, 4.69) is 20.3 Å². The van der Waals surface area contributed by atoms with Crippen molar-refractivity contribution in [3.8, 4) is 22.8 Å². The lowest BCUT2D eigenvalue weighted by Crippen LogP contribution is -2.32. The van der Waals surface area contributed by atoms with Crippen molar-refractivity contribution in [1.82, 2.24) is 19.9 Å². The molecule has 1 unspecified atom stereocenters. The van der Waals surface area contributed by atoms with Crippen LogP contribution in [-0.2, 0) is 20.8 Å². The highest BCUT2D eigenvalue weighted by Gasteiger charge is 2.39. The molecule has 0 bridgehead atoms. The molecule has 0 aliphatic carbocycles. The van der Waals surface area contributed by atoms with Gasteiger partial charge in [0.05, 0.1) is 17.3 Å². The molecule has 0 spiro atoms. The van der Waals surface area contributed by atoms with Crippen molar-refractivity contribution in [1.29, 1.82) is 0 Å². The number of ether oxygens (including phenoxy) is 2. The molecule has 1 amide bonds. The average Bonchev–Trinajstić information content (AvgIpc) is 3.50. The number of fused-ring (bicyclic) bond motifs is 2. The summed E-state index contributed by atoms with van der Waals surface area (Å²) >= 11 is 0. The van der Waals surface area contributed by atoms with Gasteiger partial charge in [-0.25, -0.2) is 23.9 Å². The number of aromatic nitrogens is 3. The van der Waals surface area contributed by atoms with Crippen molar-refractivity contribution in [2.75, 3.05) is 39.2 Å². The fraction of sp³-hybridized carbons (Fsp3) is 0.300. The van der Waals surface area contributed by atoms with Gasteiger partial charge in [0.2, 0.25) is 5.91 Å². The van der Waals surface area contributed by atoms with Crippen LogP contribution < -0.4 is 14.8 Å². The average molecular weight is 704 g/mol. The number of aromatic amines is 1. The van der Waals surface area contributed by atoms with E-state index in [1.165, 1.54) is 18.5 Å². The fourth-order valence-corrected chi connectivity index (χ4v) is 4.10.